The molecule has 2 aliphatic heterocycles. The molecule has 0 aromatic heterocycles. The van der Waals surface area contributed by atoms with Crippen LogP contribution in [-0.2, 0) is 11.3 Å². The predicted octanol–water partition coefficient (Wildman–Crippen LogP) is -0.0174. The molecule has 1 atom stereocenters. The summed E-state index contributed by atoms with van der Waals surface area (Å²) in [5.74, 6) is 0.464. The third-order valence-corrected chi connectivity index (χ3v) is 6.15. The number of carbonyl (C=O) groups excluding carboxylic acids is 2. The van der Waals surface area contributed by atoms with Crippen molar-refractivity contribution in [2.24, 2.45) is 5.92 Å². The van der Waals surface area contributed by atoms with Gasteiger partial charge in [0, 0.05) is 5.56 Å². The number of nitrogens with one attached hydrogen (secondary N) is 3. The van der Waals surface area contributed by atoms with Crippen LogP contribution in [0.15, 0.2) is 24.3 Å². The predicted molar refractivity (Wildman–Crippen MR) is 109 cm³/mol. The molecule has 2 heterocycles. The van der Waals surface area contributed by atoms with Crippen molar-refractivity contribution in [1.29, 1.82) is 0 Å². The Kier molecular flexibility index (Phi) is 6.40. The summed E-state index contributed by atoms with van der Waals surface area (Å²) in [4.78, 5) is 29.7. The van der Waals surface area contributed by atoms with E-state index >= 15 is 0 Å². The molecule has 3 N–H and O–H groups in total. The van der Waals surface area contributed by atoms with E-state index in [1.54, 1.807) is 4.90 Å². The summed E-state index contributed by atoms with van der Waals surface area (Å²) in [5.41, 5.74) is 1.95. The second kappa shape index (κ2) is 8.62. The Hall–Kier alpha value is -1.92. The van der Waals surface area contributed by atoms with Gasteiger partial charge in [0.25, 0.3) is 5.91 Å². The maximum Gasteiger partial charge on any atom is 0.329 e. The zero-order chi connectivity index (χ0) is 20.3. The van der Waals surface area contributed by atoms with Crippen molar-refractivity contribution in [3.63, 3.8) is 0 Å². The zero-order valence-electron chi connectivity index (χ0n) is 17.8. The first-order chi connectivity index (χ1) is 13.3. The number of hydrogen-bond acceptors (Lipinski definition) is 2. The quantitative estimate of drug-likeness (QED) is 0.575. The van der Waals surface area contributed by atoms with E-state index in [2.05, 4.69) is 50.4 Å². The SMILES string of the molecule is Cc1cccc(C[NH+]2CC[NH+](CN3C(=O)N[C@@](C)(CCC(C)C)C3=O)CC2)c1. The largest absolute Gasteiger partial charge is 0.329 e. The average molecular weight is 389 g/mol. The smallest absolute Gasteiger partial charge is 0.323 e. The molecule has 3 amide bonds. The van der Waals surface area contributed by atoms with Gasteiger partial charge in [-0.15, -0.1) is 0 Å². The number of urea groups is 1. The fourth-order valence-electron chi connectivity index (χ4n) is 4.26. The summed E-state index contributed by atoms with van der Waals surface area (Å²) in [6.07, 6.45) is 1.64. The van der Waals surface area contributed by atoms with Crippen LogP contribution >= 0.6 is 0 Å². The van der Waals surface area contributed by atoms with Gasteiger partial charge in [0.15, 0.2) is 6.67 Å². The molecule has 2 fully saturated rings. The first-order valence-electron chi connectivity index (χ1n) is 10.6. The molecule has 2 saturated heterocycles. The van der Waals surface area contributed by atoms with E-state index in [0.29, 0.717) is 19.0 Å². The van der Waals surface area contributed by atoms with Crippen molar-refractivity contribution in [2.45, 2.75) is 52.6 Å². The molecule has 0 spiro atoms. The molecule has 0 aliphatic carbocycles. The lowest BCUT2D eigenvalue weighted by Crippen LogP contribution is -3.28. The first kappa shape index (κ1) is 20.8. The van der Waals surface area contributed by atoms with Crippen LogP contribution in [0.1, 0.15) is 44.7 Å². The Morgan fingerprint density at radius 2 is 1.82 bits per heavy atom. The maximum absolute atomic E-state index is 12.9. The highest BCUT2D eigenvalue weighted by Crippen LogP contribution is 2.24. The van der Waals surface area contributed by atoms with Crippen molar-refractivity contribution in [3.05, 3.63) is 35.4 Å². The highest BCUT2D eigenvalue weighted by molar-refractivity contribution is 6.06. The zero-order valence-corrected chi connectivity index (χ0v) is 17.8. The van der Waals surface area contributed by atoms with Crippen LogP contribution < -0.4 is 15.1 Å². The van der Waals surface area contributed by atoms with Crippen LogP contribution in [0, 0.1) is 12.8 Å². The van der Waals surface area contributed by atoms with E-state index < -0.39 is 5.54 Å². The molecule has 3 rings (SSSR count). The fraction of sp³-hybridized carbons (Fsp3) is 0.636. The molecule has 0 unspecified atom stereocenters. The number of hydrogen-bond donors (Lipinski definition) is 3. The molecular formula is C22H36N4O2+2. The second-order valence-corrected chi connectivity index (χ2v) is 9.25. The van der Waals surface area contributed by atoms with E-state index in [4.69, 9.17) is 0 Å². The minimum atomic E-state index is -0.737. The van der Waals surface area contributed by atoms with Gasteiger partial charge in [0.2, 0.25) is 0 Å². The maximum atomic E-state index is 12.9. The van der Waals surface area contributed by atoms with Crippen LogP contribution in [0.4, 0.5) is 4.79 Å². The van der Waals surface area contributed by atoms with Crippen LogP contribution in [0.3, 0.4) is 0 Å². The number of carbonyl (C=O) groups is 2. The Balaban J connectivity index is 1.50. The lowest BCUT2D eigenvalue weighted by Gasteiger charge is -2.31. The van der Waals surface area contributed by atoms with Gasteiger partial charge in [-0.1, -0.05) is 43.7 Å². The molecule has 2 aliphatic rings. The van der Waals surface area contributed by atoms with Crippen molar-refractivity contribution >= 4 is 11.9 Å². The third kappa shape index (κ3) is 4.92. The fourth-order valence-corrected chi connectivity index (χ4v) is 4.26. The Morgan fingerprint density at radius 3 is 2.46 bits per heavy atom. The summed E-state index contributed by atoms with van der Waals surface area (Å²) >= 11 is 0. The van der Waals surface area contributed by atoms with E-state index in [9.17, 15) is 9.59 Å². The van der Waals surface area contributed by atoms with Gasteiger partial charge in [0.05, 0.1) is 0 Å². The van der Waals surface area contributed by atoms with Gasteiger partial charge in [-0.3, -0.25) is 4.79 Å². The highest BCUT2D eigenvalue weighted by atomic mass is 16.2. The molecule has 0 saturated carbocycles. The van der Waals surface area contributed by atoms with Crippen molar-refractivity contribution in [3.8, 4) is 0 Å². The number of nitrogens with zero attached hydrogens (tertiary/aromatic N) is 1. The second-order valence-electron chi connectivity index (χ2n) is 9.25. The van der Waals surface area contributed by atoms with Gasteiger partial charge in [0.1, 0.15) is 38.3 Å². The molecule has 0 bridgehead atoms. The number of rotatable bonds is 7. The van der Waals surface area contributed by atoms with Crippen LogP contribution in [0.25, 0.3) is 0 Å². The lowest BCUT2D eigenvalue weighted by atomic mass is 9.92. The number of piperazine rings is 1. The van der Waals surface area contributed by atoms with E-state index in [1.807, 2.05) is 6.92 Å². The summed E-state index contributed by atoms with van der Waals surface area (Å²) in [6.45, 7) is 13.9. The first-order valence-corrected chi connectivity index (χ1v) is 10.6. The number of imide groups is 1. The topological polar surface area (TPSA) is 58.3 Å². The van der Waals surface area contributed by atoms with E-state index in [1.165, 1.54) is 20.9 Å². The number of quaternary nitrogens is 2. The van der Waals surface area contributed by atoms with Gasteiger partial charge in [-0.2, -0.15) is 0 Å². The van der Waals surface area contributed by atoms with Crippen LogP contribution in [-0.4, -0.2) is 55.2 Å². The summed E-state index contributed by atoms with van der Waals surface area (Å²) in [7, 11) is 0. The average Bonchev–Trinajstić information content (AvgIpc) is 2.85. The number of aryl methyl sites for hydroxylation is 1. The molecule has 28 heavy (non-hydrogen) atoms. The minimum Gasteiger partial charge on any atom is -0.323 e. The Morgan fingerprint density at radius 1 is 1.14 bits per heavy atom. The van der Waals surface area contributed by atoms with Crippen molar-refractivity contribution in [2.75, 3.05) is 32.8 Å². The summed E-state index contributed by atoms with van der Waals surface area (Å²) in [5, 5.41) is 2.94. The highest BCUT2D eigenvalue weighted by Gasteiger charge is 2.48. The summed E-state index contributed by atoms with van der Waals surface area (Å²) < 4.78 is 0. The van der Waals surface area contributed by atoms with Crippen molar-refractivity contribution in [1.82, 2.24) is 10.2 Å². The monoisotopic (exact) mass is 388 g/mol. The molecule has 0 radical (unpaired) electrons. The normalized spacial score (nSPS) is 28.1. The standard InChI is InChI=1S/C22H34N4O2/c1-17(2)8-9-22(4)20(27)26(21(28)23-22)16-25-12-10-24(11-13-25)15-19-7-5-6-18(3)14-19/h5-7,14,17H,8-13,15-16H2,1-4H3,(H,23,28)/p+2/t22-/m0/s1. The Bertz CT molecular complexity index is 712. The minimum absolute atomic E-state index is 0.0554. The van der Waals surface area contributed by atoms with Crippen LogP contribution in [0.5, 0.6) is 0 Å². The van der Waals surface area contributed by atoms with E-state index in [0.717, 1.165) is 39.1 Å². The molecule has 6 nitrogen and oxygen atoms in total. The summed E-state index contributed by atoms with van der Waals surface area (Å²) in [6, 6.07) is 8.49. The molecule has 154 valence electrons. The van der Waals surface area contributed by atoms with E-state index in [-0.39, 0.29) is 11.9 Å². The van der Waals surface area contributed by atoms with Gasteiger partial charge < -0.3 is 15.1 Å². The Labute approximate surface area is 168 Å². The lowest BCUT2D eigenvalue weighted by molar-refractivity contribution is -1.02. The van der Waals surface area contributed by atoms with Crippen LogP contribution in [0.2, 0.25) is 0 Å². The van der Waals surface area contributed by atoms with Gasteiger partial charge >= 0.3 is 6.03 Å². The molecule has 1 aromatic carbocycles. The van der Waals surface area contributed by atoms with Crippen molar-refractivity contribution < 1.29 is 19.4 Å². The molecule has 6 heteroatoms. The molecule has 1 aromatic rings. The van der Waals surface area contributed by atoms with Gasteiger partial charge in [-0.25, -0.2) is 9.69 Å². The number of amides is 3. The van der Waals surface area contributed by atoms with Gasteiger partial charge in [-0.05, 0) is 32.6 Å². The number of benzene rings is 1. The third-order valence-electron chi connectivity index (χ3n) is 6.15. The molecular weight excluding hydrogens is 352 g/mol.